The SMILES string of the molecule is Cc1noc(C)c1COc1ccc(F)cc1CNC(C)C. The molecule has 0 aliphatic heterocycles. The van der Waals surface area contributed by atoms with Gasteiger partial charge < -0.3 is 14.6 Å². The van der Waals surface area contributed by atoms with E-state index in [4.69, 9.17) is 9.26 Å². The van der Waals surface area contributed by atoms with E-state index in [0.29, 0.717) is 24.9 Å². The molecule has 0 fully saturated rings. The van der Waals surface area contributed by atoms with Crippen molar-refractivity contribution in [3.63, 3.8) is 0 Å². The van der Waals surface area contributed by atoms with Crippen LogP contribution in [0, 0.1) is 19.7 Å². The van der Waals surface area contributed by atoms with Crippen LogP contribution < -0.4 is 10.1 Å². The summed E-state index contributed by atoms with van der Waals surface area (Å²) < 4.78 is 24.3. The van der Waals surface area contributed by atoms with Crippen LogP contribution in [-0.4, -0.2) is 11.2 Å². The molecule has 0 atom stereocenters. The summed E-state index contributed by atoms with van der Waals surface area (Å²) >= 11 is 0. The number of halogens is 1. The third kappa shape index (κ3) is 4.04. The molecule has 0 amide bonds. The first-order valence-electron chi connectivity index (χ1n) is 7.03. The van der Waals surface area contributed by atoms with Crippen molar-refractivity contribution in [3.05, 3.63) is 46.6 Å². The van der Waals surface area contributed by atoms with Crippen LogP contribution in [0.4, 0.5) is 4.39 Å². The number of ether oxygens (including phenoxy) is 1. The second kappa shape index (κ2) is 6.72. The van der Waals surface area contributed by atoms with Crippen LogP contribution in [0.1, 0.15) is 36.4 Å². The van der Waals surface area contributed by atoms with Crippen molar-refractivity contribution in [2.24, 2.45) is 0 Å². The summed E-state index contributed by atoms with van der Waals surface area (Å²) in [4.78, 5) is 0. The first-order valence-corrected chi connectivity index (χ1v) is 7.03. The van der Waals surface area contributed by atoms with Gasteiger partial charge in [0.05, 0.1) is 11.3 Å². The Morgan fingerprint density at radius 2 is 2.10 bits per heavy atom. The maximum absolute atomic E-state index is 13.4. The van der Waals surface area contributed by atoms with Gasteiger partial charge in [-0.15, -0.1) is 0 Å². The van der Waals surface area contributed by atoms with Gasteiger partial charge in [-0.3, -0.25) is 0 Å². The monoisotopic (exact) mass is 292 g/mol. The van der Waals surface area contributed by atoms with Gasteiger partial charge in [0.15, 0.2) is 0 Å². The van der Waals surface area contributed by atoms with Gasteiger partial charge in [0.25, 0.3) is 0 Å². The van der Waals surface area contributed by atoms with Gasteiger partial charge in [0.1, 0.15) is 23.9 Å². The number of hydrogen-bond acceptors (Lipinski definition) is 4. The Hall–Kier alpha value is -1.88. The fourth-order valence-electron chi connectivity index (χ4n) is 2.00. The topological polar surface area (TPSA) is 47.3 Å². The van der Waals surface area contributed by atoms with Gasteiger partial charge in [-0.1, -0.05) is 19.0 Å². The van der Waals surface area contributed by atoms with E-state index >= 15 is 0 Å². The van der Waals surface area contributed by atoms with Crippen molar-refractivity contribution < 1.29 is 13.7 Å². The van der Waals surface area contributed by atoms with E-state index < -0.39 is 0 Å². The third-order valence-corrected chi connectivity index (χ3v) is 3.28. The Balaban J connectivity index is 2.12. The summed E-state index contributed by atoms with van der Waals surface area (Å²) in [5, 5.41) is 7.16. The minimum atomic E-state index is -0.264. The number of nitrogens with one attached hydrogen (secondary N) is 1. The van der Waals surface area contributed by atoms with Crippen LogP contribution in [0.5, 0.6) is 5.75 Å². The molecule has 0 aliphatic rings. The predicted octanol–water partition coefficient (Wildman–Crippen LogP) is 3.51. The molecule has 21 heavy (non-hydrogen) atoms. The lowest BCUT2D eigenvalue weighted by Crippen LogP contribution is -2.22. The maximum Gasteiger partial charge on any atom is 0.140 e. The van der Waals surface area contributed by atoms with Crippen molar-refractivity contribution in [1.29, 1.82) is 0 Å². The van der Waals surface area contributed by atoms with E-state index in [1.165, 1.54) is 12.1 Å². The van der Waals surface area contributed by atoms with Gasteiger partial charge in [-0.2, -0.15) is 0 Å². The zero-order valence-corrected chi connectivity index (χ0v) is 12.9. The Labute approximate surface area is 124 Å². The molecule has 0 radical (unpaired) electrons. The number of hydrogen-bond donors (Lipinski definition) is 1. The molecule has 1 N–H and O–H groups in total. The lowest BCUT2D eigenvalue weighted by atomic mass is 10.1. The molecule has 2 aromatic rings. The summed E-state index contributed by atoms with van der Waals surface area (Å²) in [6, 6.07) is 4.88. The van der Waals surface area contributed by atoms with Gasteiger partial charge in [-0.25, -0.2) is 4.39 Å². The Bertz CT molecular complexity index is 589. The third-order valence-electron chi connectivity index (χ3n) is 3.28. The summed E-state index contributed by atoms with van der Waals surface area (Å²) in [6.07, 6.45) is 0. The molecule has 0 aliphatic carbocycles. The van der Waals surface area contributed by atoms with Crippen molar-refractivity contribution in [1.82, 2.24) is 10.5 Å². The van der Waals surface area contributed by atoms with Gasteiger partial charge >= 0.3 is 0 Å². The molecular formula is C16H21FN2O2. The van der Waals surface area contributed by atoms with Crippen LogP contribution >= 0.6 is 0 Å². The van der Waals surface area contributed by atoms with E-state index in [0.717, 1.165) is 22.6 Å². The first-order chi connectivity index (χ1) is 9.97. The average Bonchev–Trinajstić information content (AvgIpc) is 2.75. The highest BCUT2D eigenvalue weighted by Crippen LogP contribution is 2.22. The van der Waals surface area contributed by atoms with Crippen LogP contribution in [0.25, 0.3) is 0 Å². The number of aromatic nitrogens is 1. The second-order valence-electron chi connectivity index (χ2n) is 5.38. The highest BCUT2D eigenvalue weighted by atomic mass is 19.1. The lowest BCUT2D eigenvalue weighted by molar-refractivity contribution is 0.297. The minimum Gasteiger partial charge on any atom is -0.488 e. The number of rotatable bonds is 6. The van der Waals surface area contributed by atoms with Gasteiger partial charge in [0.2, 0.25) is 0 Å². The van der Waals surface area contributed by atoms with E-state index in [1.54, 1.807) is 6.07 Å². The fraction of sp³-hybridized carbons (Fsp3) is 0.438. The van der Waals surface area contributed by atoms with Crippen LogP contribution in [-0.2, 0) is 13.2 Å². The van der Waals surface area contributed by atoms with E-state index in [9.17, 15) is 4.39 Å². The Kier molecular flexibility index (Phi) is 4.96. The summed E-state index contributed by atoms with van der Waals surface area (Å²) in [5.74, 6) is 1.15. The zero-order valence-electron chi connectivity index (χ0n) is 12.9. The quantitative estimate of drug-likeness (QED) is 0.885. The minimum absolute atomic E-state index is 0.264. The number of aryl methyl sites for hydroxylation is 2. The Morgan fingerprint density at radius 3 is 2.71 bits per heavy atom. The van der Waals surface area contributed by atoms with E-state index in [-0.39, 0.29) is 5.82 Å². The van der Waals surface area contributed by atoms with Crippen LogP contribution in [0.15, 0.2) is 22.7 Å². The summed E-state index contributed by atoms with van der Waals surface area (Å²) in [5.41, 5.74) is 2.55. The smallest absolute Gasteiger partial charge is 0.140 e. The average molecular weight is 292 g/mol. The molecule has 114 valence electrons. The van der Waals surface area contributed by atoms with Gasteiger partial charge in [0, 0.05) is 18.2 Å². The van der Waals surface area contributed by atoms with Crippen molar-refractivity contribution >= 4 is 0 Å². The number of benzene rings is 1. The first kappa shape index (κ1) is 15.5. The zero-order chi connectivity index (χ0) is 15.4. The molecule has 1 aromatic carbocycles. The number of nitrogens with zero attached hydrogens (tertiary/aromatic N) is 1. The molecule has 0 saturated heterocycles. The largest absolute Gasteiger partial charge is 0.488 e. The van der Waals surface area contributed by atoms with Crippen molar-refractivity contribution in [2.75, 3.05) is 0 Å². The molecule has 0 spiro atoms. The van der Waals surface area contributed by atoms with Crippen molar-refractivity contribution in [2.45, 2.75) is 46.9 Å². The molecule has 4 nitrogen and oxygen atoms in total. The van der Waals surface area contributed by atoms with Gasteiger partial charge in [-0.05, 0) is 32.0 Å². The highest BCUT2D eigenvalue weighted by Gasteiger charge is 2.12. The standard InChI is InChI=1S/C16H21FN2O2/c1-10(2)18-8-13-7-14(17)5-6-16(13)20-9-15-11(3)19-21-12(15)4/h5-7,10,18H,8-9H2,1-4H3. The predicted molar refractivity (Wildman–Crippen MR) is 78.7 cm³/mol. The van der Waals surface area contributed by atoms with Crippen molar-refractivity contribution in [3.8, 4) is 5.75 Å². The molecule has 0 unspecified atom stereocenters. The van der Waals surface area contributed by atoms with Crippen LogP contribution in [0.3, 0.4) is 0 Å². The molecular weight excluding hydrogens is 271 g/mol. The second-order valence-corrected chi connectivity index (χ2v) is 5.38. The summed E-state index contributed by atoms with van der Waals surface area (Å²) in [7, 11) is 0. The van der Waals surface area contributed by atoms with E-state index in [2.05, 4.69) is 10.5 Å². The maximum atomic E-state index is 13.4. The molecule has 2 rings (SSSR count). The van der Waals surface area contributed by atoms with Crippen LogP contribution in [0.2, 0.25) is 0 Å². The Morgan fingerprint density at radius 1 is 1.33 bits per heavy atom. The molecule has 0 saturated carbocycles. The molecule has 5 heteroatoms. The fourth-order valence-corrected chi connectivity index (χ4v) is 2.00. The molecule has 1 heterocycles. The molecule has 1 aromatic heterocycles. The van der Waals surface area contributed by atoms with E-state index in [1.807, 2.05) is 27.7 Å². The normalized spacial score (nSPS) is 11.1. The molecule has 0 bridgehead atoms. The lowest BCUT2D eigenvalue weighted by Gasteiger charge is -2.14. The highest BCUT2D eigenvalue weighted by molar-refractivity contribution is 5.34. The summed E-state index contributed by atoms with van der Waals surface area (Å²) in [6.45, 7) is 8.74.